The van der Waals surface area contributed by atoms with Gasteiger partial charge in [0.25, 0.3) is 5.91 Å². The minimum atomic E-state index is -0.633. The van der Waals surface area contributed by atoms with Crippen LogP contribution in [0.2, 0.25) is 5.02 Å². The summed E-state index contributed by atoms with van der Waals surface area (Å²) in [5, 5.41) is 3.39. The number of hydrogen-bond acceptors (Lipinski definition) is 4. The van der Waals surface area contributed by atoms with Gasteiger partial charge >= 0.3 is 0 Å². The van der Waals surface area contributed by atoms with E-state index in [-0.39, 0.29) is 31.0 Å². The second-order valence-corrected chi connectivity index (χ2v) is 8.80. The van der Waals surface area contributed by atoms with Gasteiger partial charge in [-0.1, -0.05) is 53.5 Å². The molecule has 2 aromatic rings. The van der Waals surface area contributed by atoms with Gasteiger partial charge in [-0.2, -0.15) is 0 Å². The van der Waals surface area contributed by atoms with Gasteiger partial charge in [0.1, 0.15) is 17.5 Å². The number of carbonyl (C=O) groups excluding carboxylic acids is 2. The van der Waals surface area contributed by atoms with Gasteiger partial charge in [0.05, 0.1) is 12.1 Å². The molecule has 2 rings (SSSR count). The molecule has 2 aromatic carbocycles. The Balaban J connectivity index is 2.25. The quantitative estimate of drug-likeness (QED) is 0.437. The van der Waals surface area contributed by atoms with Crippen molar-refractivity contribution >= 4 is 39.3 Å². The number of hydrogen-bond donors (Lipinski definition) is 1. The molecule has 0 heterocycles. The SMILES string of the molecule is CC[C@H](C)NC(=O)[C@H](CC)N(Cc1cccc(OC)c1)C(=O)COc1ccc(Br)cc1Cl. The summed E-state index contributed by atoms with van der Waals surface area (Å²) in [5.74, 6) is 0.601. The Hall–Kier alpha value is -2.25. The van der Waals surface area contributed by atoms with Crippen molar-refractivity contribution in [2.45, 2.75) is 52.2 Å². The Labute approximate surface area is 203 Å². The monoisotopic (exact) mass is 524 g/mol. The molecule has 0 aliphatic rings. The van der Waals surface area contributed by atoms with Crippen LogP contribution in [0.15, 0.2) is 46.9 Å². The average molecular weight is 526 g/mol. The third kappa shape index (κ3) is 7.41. The van der Waals surface area contributed by atoms with E-state index < -0.39 is 6.04 Å². The van der Waals surface area contributed by atoms with Gasteiger partial charge in [0.2, 0.25) is 5.91 Å². The number of nitrogens with one attached hydrogen (secondary N) is 1. The fraction of sp³-hybridized carbons (Fsp3) is 0.417. The van der Waals surface area contributed by atoms with E-state index in [4.69, 9.17) is 21.1 Å². The van der Waals surface area contributed by atoms with Crippen molar-refractivity contribution in [3.8, 4) is 11.5 Å². The van der Waals surface area contributed by atoms with Crippen LogP contribution in [-0.4, -0.2) is 42.5 Å². The lowest BCUT2D eigenvalue weighted by molar-refractivity contribution is -0.143. The lowest BCUT2D eigenvalue weighted by Gasteiger charge is -2.31. The van der Waals surface area contributed by atoms with Gasteiger partial charge in [0, 0.05) is 17.1 Å². The standard InChI is InChI=1S/C24H30BrClN2O4/c1-5-16(3)27-24(30)21(6-2)28(14-17-8-7-9-19(12-17)31-4)23(29)15-32-22-11-10-18(25)13-20(22)26/h7-13,16,21H,5-6,14-15H2,1-4H3,(H,27,30)/t16-,21-/m0/s1. The normalized spacial score (nSPS) is 12.6. The first-order chi connectivity index (χ1) is 15.3. The molecule has 6 nitrogen and oxygen atoms in total. The van der Waals surface area contributed by atoms with Crippen molar-refractivity contribution in [1.29, 1.82) is 0 Å². The Morgan fingerprint density at radius 2 is 1.91 bits per heavy atom. The van der Waals surface area contributed by atoms with Crippen LogP contribution in [-0.2, 0) is 16.1 Å². The highest BCUT2D eigenvalue weighted by molar-refractivity contribution is 9.10. The van der Waals surface area contributed by atoms with Gasteiger partial charge in [-0.05, 0) is 55.7 Å². The summed E-state index contributed by atoms with van der Waals surface area (Å²) in [4.78, 5) is 27.8. The molecule has 0 aliphatic heterocycles. The zero-order chi connectivity index (χ0) is 23.7. The van der Waals surface area contributed by atoms with Crippen LogP contribution in [0, 0.1) is 0 Å². The van der Waals surface area contributed by atoms with Gasteiger partial charge in [-0.25, -0.2) is 0 Å². The smallest absolute Gasteiger partial charge is 0.261 e. The van der Waals surface area contributed by atoms with E-state index in [9.17, 15) is 9.59 Å². The summed E-state index contributed by atoms with van der Waals surface area (Å²) in [7, 11) is 1.59. The van der Waals surface area contributed by atoms with Crippen molar-refractivity contribution in [1.82, 2.24) is 10.2 Å². The zero-order valence-electron chi connectivity index (χ0n) is 18.9. The predicted octanol–water partition coefficient (Wildman–Crippen LogP) is 5.21. The van der Waals surface area contributed by atoms with E-state index >= 15 is 0 Å². The van der Waals surface area contributed by atoms with Crippen LogP contribution in [0.3, 0.4) is 0 Å². The molecule has 0 saturated heterocycles. The largest absolute Gasteiger partial charge is 0.497 e. The first kappa shape index (κ1) is 26.0. The van der Waals surface area contributed by atoms with E-state index in [1.165, 1.54) is 0 Å². The van der Waals surface area contributed by atoms with Gasteiger partial charge < -0.3 is 19.7 Å². The number of nitrogens with zero attached hydrogens (tertiary/aromatic N) is 1. The van der Waals surface area contributed by atoms with Gasteiger partial charge in [-0.3, -0.25) is 9.59 Å². The molecular weight excluding hydrogens is 496 g/mol. The summed E-state index contributed by atoms with van der Waals surface area (Å²) >= 11 is 9.56. The summed E-state index contributed by atoms with van der Waals surface area (Å²) in [6.07, 6.45) is 1.27. The summed E-state index contributed by atoms with van der Waals surface area (Å²) in [6.45, 7) is 5.84. The van der Waals surface area contributed by atoms with E-state index in [0.717, 1.165) is 16.5 Å². The molecule has 0 aromatic heterocycles. The van der Waals surface area contributed by atoms with Gasteiger partial charge in [0.15, 0.2) is 6.61 Å². The van der Waals surface area contributed by atoms with Gasteiger partial charge in [-0.15, -0.1) is 0 Å². The van der Waals surface area contributed by atoms with Crippen LogP contribution >= 0.6 is 27.5 Å². The third-order valence-corrected chi connectivity index (χ3v) is 5.91. The molecule has 0 saturated carbocycles. The fourth-order valence-electron chi connectivity index (χ4n) is 3.14. The highest BCUT2D eigenvalue weighted by Crippen LogP contribution is 2.28. The minimum absolute atomic E-state index is 0.0168. The summed E-state index contributed by atoms with van der Waals surface area (Å²) in [6, 6.07) is 12.0. The van der Waals surface area contributed by atoms with E-state index in [1.807, 2.05) is 45.0 Å². The molecule has 0 unspecified atom stereocenters. The summed E-state index contributed by atoms with van der Waals surface area (Å²) in [5.41, 5.74) is 0.856. The molecule has 174 valence electrons. The molecule has 0 radical (unpaired) electrons. The Kier molecular flexibility index (Phi) is 10.3. The maximum Gasteiger partial charge on any atom is 0.261 e. The predicted molar refractivity (Wildman–Crippen MR) is 130 cm³/mol. The highest BCUT2D eigenvalue weighted by atomic mass is 79.9. The first-order valence-corrected chi connectivity index (χ1v) is 11.8. The second-order valence-electron chi connectivity index (χ2n) is 7.48. The van der Waals surface area contributed by atoms with Crippen LogP contribution in [0.25, 0.3) is 0 Å². The van der Waals surface area contributed by atoms with Crippen molar-refractivity contribution in [3.05, 3.63) is 57.5 Å². The molecule has 0 aliphatic carbocycles. The lowest BCUT2D eigenvalue weighted by Crippen LogP contribution is -2.51. The molecule has 8 heteroatoms. The zero-order valence-corrected chi connectivity index (χ0v) is 21.2. The Morgan fingerprint density at radius 3 is 2.53 bits per heavy atom. The Morgan fingerprint density at radius 1 is 1.16 bits per heavy atom. The lowest BCUT2D eigenvalue weighted by atomic mass is 10.1. The maximum absolute atomic E-state index is 13.3. The highest BCUT2D eigenvalue weighted by Gasteiger charge is 2.29. The molecule has 2 amide bonds. The molecule has 0 spiro atoms. The van der Waals surface area contributed by atoms with Crippen LogP contribution in [0.5, 0.6) is 11.5 Å². The van der Waals surface area contributed by atoms with Crippen molar-refractivity contribution in [2.75, 3.05) is 13.7 Å². The number of rotatable bonds is 11. The second kappa shape index (κ2) is 12.7. The van der Waals surface area contributed by atoms with Crippen LogP contribution < -0.4 is 14.8 Å². The number of benzene rings is 2. The number of ether oxygens (including phenoxy) is 2. The molecule has 0 fully saturated rings. The molecule has 2 atom stereocenters. The molecule has 32 heavy (non-hydrogen) atoms. The van der Waals surface area contributed by atoms with Crippen molar-refractivity contribution in [2.24, 2.45) is 0 Å². The van der Waals surface area contributed by atoms with E-state index in [1.54, 1.807) is 30.2 Å². The van der Waals surface area contributed by atoms with E-state index in [2.05, 4.69) is 21.2 Å². The number of amides is 2. The maximum atomic E-state index is 13.3. The fourth-order valence-corrected chi connectivity index (χ4v) is 3.87. The average Bonchev–Trinajstić information content (AvgIpc) is 2.78. The molecular formula is C24H30BrClN2O4. The first-order valence-electron chi connectivity index (χ1n) is 10.6. The van der Waals surface area contributed by atoms with Crippen molar-refractivity contribution in [3.63, 3.8) is 0 Å². The van der Waals surface area contributed by atoms with E-state index in [0.29, 0.717) is 22.9 Å². The van der Waals surface area contributed by atoms with Crippen molar-refractivity contribution < 1.29 is 19.1 Å². The summed E-state index contributed by atoms with van der Waals surface area (Å²) < 4.78 is 11.8. The Bertz CT molecular complexity index is 925. The number of carbonyl (C=O) groups is 2. The minimum Gasteiger partial charge on any atom is -0.497 e. The number of methoxy groups -OCH3 is 1. The topological polar surface area (TPSA) is 67.9 Å². The molecule has 1 N–H and O–H groups in total. The number of halogens is 2. The third-order valence-electron chi connectivity index (χ3n) is 5.12. The van der Waals surface area contributed by atoms with Crippen LogP contribution in [0.1, 0.15) is 39.2 Å². The van der Waals surface area contributed by atoms with Crippen LogP contribution in [0.4, 0.5) is 0 Å². The molecule has 0 bridgehead atoms.